The molecule has 2 nitrogen and oxygen atoms in total. The van der Waals surface area contributed by atoms with Crippen molar-refractivity contribution in [3.63, 3.8) is 0 Å². The highest BCUT2D eigenvalue weighted by atomic mass is 31.1. The van der Waals surface area contributed by atoms with E-state index in [2.05, 4.69) is 24.3 Å². The van der Waals surface area contributed by atoms with Gasteiger partial charge in [-0.2, -0.15) is 0 Å². The molecule has 0 radical (unpaired) electrons. The van der Waals surface area contributed by atoms with E-state index in [4.69, 9.17) is 0 Å². The van der Waals surface area contributed by atoms with Gasteiger partial charge in [0, 0.05) is 10.9 Å². The van der Waals surface area contributed by atoms with E-state index in [1.165, 1.54) is 0 Å². The lowest BCUT2D eigenvalue weighted by molar-refractivity contribution is 0.112. The lowest BCUT2D eigenvalue weighted by Gasteiger charge is -2.16. The number of para-hydroxylation sites is 1. The first-order chi connectivity index (χ1) is 11.7. The quantitative estimate of drug-likeness (QED) is 0.666. The second kappa shape index (κ2) is 7.59. The molecule has 0 amide bonds. The van der Waals surface area contributed by atoms with Crippen LogP contribution >= 0.6 is 8.58 Å². The van der Waals surface area contributed by atoms with Crippen molar-refractivity contribution < 1.29 is 9.90 Å². The molecule has 122 valence electrons. The van der Waals surface area contributed by atoms with Crippen LogP contribution in [0.25, 0.3) is 0 Å². The normalized spacial score (nSPS) is 16.8. The highest BCUT2D eigenvalue weighted by Gasteiger charge is 2.14. The van der Waals surface area contributed by atoms with Crippen LogP contribution < -0.4 is 10.6 Å². The van der Waals surface area contributed by atoms with Crippen LogP contribution in [0.2, 0.25) is 0 Å². The third-order valence-electron chi connectivity index (χ3n) is 4.36. The topological polar surface area (TPSA) is 37.3 Å². The molecule has 0 heterocycles. The van der Waals surface area contributed by atoms with Gasteiger partial charge >= 0.3 is 0 Å². The molecule has 3 rings (SSSR count). The zero-order valence-corrected chi connectivity index (χ0v) is 14.7. The van der Waals surface area contributed by atoms with Crippen LogP contribution in [0.4, 0.5) is 0 Å². The molecule has 0 spiro atoms. The molecule has 1 aliphatic rings. The Balaban J connectivity index is 1.87. The zero-order chi connectivity index (χ0) is 16.9. The van der Waals surface area contributed by atoms with E-state index in [0.717, 1.165) is 40.9 Å². The molecule has 0 saturated heterocycles. The Kier molecular flexibility index (Phi) is 5.27. The number of benzene rings is 2. The number of rotatable bonds is 5. The maximum atomic E-state index is 11.3. The van der Waals surface area contributed by atoms with Gasteiger partial charge in [-0.05, 0) is 42.1 Å². The Morgan fingerprint density at radius 2 is 2.04 bits per heavy atom. The molecule has 2 unspecified atom stereocenters. The molecule has 2 atom stereocenters. The van der Waals surface area contributed by atoms with Gasteiger partial charge in [-0.1, -0.05) is 69.3 Å². The molecule has 1 aliphatic carbocycles. The molecule has 0 aromatic heterocycles. The number of aromatic hydroxyl groups is 1. The SMILES string of the molecule is Cc1cccc(C=O)c1Pc1cccc(CC2C=CC=CC2)c1O. The molecular formula is C21H21O2P. The van der Waals surface area contributed by atoms with Crippen LogP contribution in [-0.4, -0.2) is 11.4 Å². The first-order valence-corrected chi connectivity index (χ1v) is 9.15. The maximum Gasteiger partial charge on any atom is 0.150 e. The average molecular weight is 336 g/mol. The number of phenols is 1. The minimum Gasteiger partial charge on any atom is -0.507 e. The monoisotopic (exact) mass is 336 g/mol. The summed E-state index contributed by atoms with van der Waals surface area (Å²) in [6.45, 7) is 2.01. The smallest absolute Gasteiger partial charge is 0.150 e. The van der Waals surface area contributed by atoms with E-state index in [-0.39, 0.29) is 8.58 Å². The van der Waals surface area contributed by atoms with Gasteiger partial charge in [0.1, 0.15) is 5.75 Å². The summed E-state index contributed by atoms with van der Waals surface area (Å²) in [6, 6.07) is 11.7. The van der Waals surface area contributed by atoms with Crippen LogP contribution in [0.15, 0.2) is 60.7 Å². The van der Waals surface area contributed by atoms with Gasteiger partial charge in [-0.15, -0.1) is 0 Å². The Labute approximate surface area is 144 Å². The van der Waals surface area contributed by atoms with Crippen molar-refractivity contribution in [3.05, 3.63) is 77.4 Å². The van der Waals surface area contributed by atoms with E-state index < -0.39 is 0 Å². The van der Waals surface area contributed by atoms with Gasteiger partial charge in [0.15, 0.2) is 6.29 Å². The van der Waals surface area contributed by atoms with E-state index in [9.17, 15) is 9.90 Å². The first kappa shape index (κ1) is 16.7. The second-order valence-electron chi connectivity index (χ2n) is 6.11. The van der Waals surface area contributed by atoms with Crippen molar-refractivity contribution in [1.82, 2.24) is 0 Å². The van der Waals surface area contributed by atoms with Gasteiger partial charge in [0.25, 0.3) is 0 Å². The molecular weight excluding hydrogens is 315 g/mol. The molecule has 24 heavy (non-hydrogen) atoms. The summed E-state index contributed by atoms with van der Waals surface area (Å²) in [5.41, 5.74) is 2.77. The number of carbonyl (C=O) groups is 1. The first-order valence-electron chi connectivity index (χ1n) is 8.15. The van der Waals surface area contributed by atoms with E-state index in [0.29, 0.717) is 17.2 Å². The Bertz CT molecular complexity index is 805. The van der Waals surface area contributed by atoms with Gasteiger partial charge in [0.05, 0.1) is 0 Å². The number of hydrogen-bond donors (Lipinski definition) is 1. The molecule has 3 heteroatoms. The van der Waals surface area contributed by atoms with Crippen molar-refractivity contribution in [2.75, 3.05) is 0 Å². The van der Waals surface area contributed by atoms with E-state index in [1.807, 2.05) is 43.3 Å². The van der Waals surface area contributed by atoms with Crippen molar-refractivity contribution in [2.24, 2.45) is 5.92 Å². The van der Waals surface area contributed by atoms with Crippen molar-refractivity contribution in [1.29, 1.82) is 0 Å². The minimum absolute atomic E-state index is 0.275. The van der Waals surface area contributed by atoms with E-state index >= 15 is 0 Å². The number of aryl methyl sites for hydroxylation is 1. The predicted molar refractivity (Wildman–Crippen MR) is 102 cm³/mol. The lowest BCUT2D eigenvalue weighted by atomic mass is 9.93. The van der Waals surface area contributed by atoms with E-state index in [1.54, 1.807) is 0 Å². The lowest BCUT2D eigenvalue weighted by Crippen LogP contribution is -2.13. The number of hydrogen-bond acceptors (Lipinski definition) is 2. The maximum absolute atomic E-state index is 11.3. The summed E-state index contributed by atoms with van der Waals surface area (Å²) in [6.07, 6.45) is 11.2. The number of carbonyl (C=O) groups excluding carboxylic acids is 1. The fourth-order valence-electron chi connectivity index (χ4n) is 3.02. The molecule has 0 fully saturated rings. The largest absolute Gasteiger partial charge is 0.507 e. The third kappa shape index (κ3) is 3.66. The van der Waals surface area contributed by atoms with Gasteiger partial charge in [0.2, 0.25) is 0 Å². The van der Waals surface area contributed by atoms with Crippen molar-refractivity contribution >= 4 is 25.5 Å². The van der Waals surface area contributed by atoms with Gasteiger partial charge < -0.3 is 5.11 Å². The number of aldehydes is 1. The molecule has 0 bridgehead atoms. The molecule has 0 saturated carbocycles. The summed E-state index contributed by atoms with van der Waals surface area (Å²) in [7, 11) is 0.275. The predicted octanol–water partition coefficient (Wildman–Crippen LogP) is 3.82. The molecule has 2 aromatic rings. The van der Waals surface area contributed by atoms with Crippen LogP contribution in [0.1, 0.15) is 27.9 Å². The van der Waals surface area contributed by atoms with Crippen molar-refractivity contribution in [2.45, 2.75) is 19.8 Å². The fourth-order valence-corrected chi connectivity index (χ4v) is 4.31. The van der Waals surface area contributed by atoms with Crippen LogP contribution in [0.5, 0.6) is 5.75 Å². The summed E-state index contributed by atoms with van der Waals surface area (Å²) in [5.74, 6) is 0.808. The molecule has 1 N–H and O–H groups in total. The summed E-state index contributed by atoms with van der Waals surface area (Å²) in [5, 5.41) is 12.6. The summed E-state index contributed by atoms with van der Waals surface area (Å²) < 4.78 is 0. The number of allylic oxidation sites excluding steroid dienone is 4. The highest BCUT2D eigenvalue weighted by molar-refractivity contribution is 7.56. The summed E-state index contributed by atoms with van der Waals surface area (Å²) in [4.78, 5) is 11.3. The Hall–Kier alpha value is -2.18. The average Bonchev–Trinajstić information content (AvgIpc) is 2.61. The summed E-state index contributed by atoms with van der Waals surface area (Å²) >= 11 is 0. The standard InChI is InChI=1S/C21H21O2P/c1-15-7-5-11-18(14-22)21(15)24-19-12-6-10-17(20(19)23)13-16-8-3-2-4-9-16/h2-8,10-12,14,16,23-24H,9,13H2,1H3. The van der Waals surface area contributed by atoms with Gasteiger partial charge in [-0.3, -0.25) is 4.79 Å². The van der Waals surface area contributed by atoms with Crippen LogP contribution in [0, 0.1) is 12.8 Å². The zero-order valence-electron chi connectivity index (χ0n) is 13.7. The highest BCUT2D eigenvalue weighted by Crippen LogP contribution is 2.27. The third-order valence-corrected chi connectivity index (χ3v) is 5.97. The van der Waals surface area contributed by atoms with Crippen LogP contribution in [0.3, 0.4) is 0 Å². The Morgan fingerprint density at radius 3 is 2.79 bits per heavy atom. The van der Waals surface area contributed by atoms with Gasteiger partial charge in [-0.25, -0.2) is 0 Å². The second-order valence-corrected chi connectivity index (χ2v) is 7.40. The minimum atomic E-state index is 0.275. The Morgan fingerprint density at radius 1 is 1.21 bits per heavy atom. The van der Waals surface area contributed by atoms with Crippen LogP contribution in [-0.2, 0) is 6.42 Å². The number of phenolic OH excluding ortho intramolecular Hbond substituents is 1. The molecule has 2 aromatic carbocycles. The fraction of sp³-hybridized carbons (Fsp3) is 0.190. The molecule has 0 aliphatic heterocycles. The van der Waals surface area contributed by atoms with Crippen molar-refractivity contribution in [3.8, 4) is 5.75 Å².